The highest BCUT2D eigenvalue weighted by Gasteiger charge is 1.28. The van der Waals surface area contributed by atoms with E-state index < -0.39 is 8.69 Å². The third kappa shape index (κ3) is 35.0. The first-order chi connectivity index (χ1) is 1.41. The minimum absolute atomic E-state index is 0. The largest absolute Gasteiger partial charge is 0.324 e. The fourth-order valence-electron chi connectivity index (χ4n) is 0. The predicted octanol–water partition coefficient (Wildman–Crippen LogP) is -0.350. The summed E-state index contributed by atoms with van der Waals surface area (Å²) in [4.78, 5) is 6.99. The van der Waals surface area contributed by atoms with Crippen LogP contribution >= 0.6 is 8.69 Å². The molecule has 0 heterocycles. The number of hydrogen-bond acceptors (Lipinski definition) is 1. The molecule has 0 aromatic rings. The topological polar surface area (TPSA) is 37.3 Å². The molecule has 0 atom stereocenters. The van der Waals surface area contributed by atoms with Gasteiger partial charge >= 0.3 is 8.69 Å². The fourth-order valence-corrected chi connectivity index (χ4v) is 0. The first-order valence-electron chi connectivity index (χ1n) is 0.383. The first kappa shape index (κ1) is 8.84. The van der Waals surface area contributed by atoms with Gasteiger partial charge in [0.2, 0.25) is 0 Å². The molecule has 0 rings (SSSR count). The average molecular weight is 101 g/mol. The molecule has 0 aliphatic heterocycles. The van der Waals surface area contributed by atoms with Crippen LogP contribution in [0.1, 0.15) is 0 Å². The van der Waals surface area contributed by atoms with Crippen LogP contribution in [0.4, 0.5) is 0 Å². The zero-order chi connectivity index (χ0) is 2.71. The Morgan fingerprint density at radius 3 is 1.75 bits per heavy atom. The second-order valence-electron chi connectivity index (χ2n) is 0.0816. The summed E-state index contributed by atoms with van der Waals surface area (Å²) in [6.07, 6.45) is 0. The Labute approximate surface area is 31.5 Å². The lowest BCUT2D eigenvalue weighted by atomic mass is 15.9. The monoisotopic (exact) mass is 101 g/mol. The Hall–Kier alpha value is 0.350. The Balaban J connectivity index is 0. The molecule has 0 spiro atoms. The Bertz CT molecular complexity index is 13.5. The molecule has 0 aromatic carbocycles. The van der Waals surface area contributed by atoms with E-state index in [-0.39, 0.29) is 12.4 Å². The molecule has 4 heteroatoms. The van der Waals surface area contributed by atoms with Gasteiger partial charge in [-0.05, 0) is 0 Å². The molecule has 1 N–H and O–H groups in total. The highest BCUT2D eigenvalue weighted by molar-refractivity contribution is 7.16. The maximum atomic E-state index is 8.46. The highest BCUT2D eigenvalue weighted by Crippen LogP contribution is 1.66. The van der Waals surface area contributed by atoms with E-state index in [1.165, 1.54) is 0 Å². The van der Waals surface area contributed by atoms with Gasteiger partial charge in [0.25, 0.3) is 0 Å². The molecule has 26 valence electrons. The number of hydrogen-bond donors (Lipinski definition) is 1. The summed E-state index contributed by atoms with van der Waals surface area (Å²) < 4.78 is 8.46. The molecule has 0 unspecified atom stereocenters. The van der Waals surface area contributed by atoms with Crippen molar-refractivity contribution in [1.82, 2.24) is 0 Å². The van der Waals surface area contributed by atoms with Gasteiger partial charge in [0, 0.05) is 0 Å². The average Bonchev–Trinajstić information content (AvgIpc) is 0.918. The van der Waals surface area contributed by atoms with Gasteiger partial charge < -0.3 is 4.89 Å². The third-order valence-corrected chi connectivity index (χ3v) is 0. The molecule has 2 nitrogen and oxygen atoms in total. The molecule has 0 fully saturated rings. The summed E-state index contributed by atoms with van der Waals surface area (Å²) in [6, 6.07) is 0. The normalized spacial score (nSPS) is 5.25. The second kappa shape index (κ2) is 10.2. The summed E-state index contributed by atoms with van der Waals surface area (Å²) in [5.41, 5.74) is 0. The van der Waals surface area contributed by atoms with Crippen molar-refractivity contribution in [2.75, 3.05) is 0 Å². The van der Waals surface area contributed by atoms with Crippen LogP contribution in [-0.2, 0) is 4.57 Å². The van der Waals surface area contributed by atoms with Gasteiger partial charge in [-0.3, -0.25) is 0 Å². The predicted molar refractivity (Wildman–Crippen MR) is 12.6 cm³/mol. The summed E-state index contributed by atoms with van der Waals surface area (Å²) >= 11 is 0. The van der Waals surface area contributed by atoms with E-state index in [1.54, 1.807) is 0 Å². The SMILES string of the molecule is O=PO.[ClH2+]. The molecule has 0 saturated heterocycles. The van der Waals surface area contributed by atoms with Crippen molar-refractivity contribution in [2.45, 2.75) is 0 Å². The third-order valence-electron chi connectivity index (χ3n) is 0. The number of rotatable bonds is 0. The van der Waals surface area contributed by atoms with Crippen molar-refractivity contribution in [3.05, 3.63) is 0 Å². The molecule has 0 aromatic heterocycles. The quantitative estimate of drug-likeness (QED) is 0.424. The van der Waals surface area contributed by atoms with E-state index in [4.69, 9.17) is 9.46 Å². The highest BCUT2D eigenvalue weighted by atomic mass is 35.5. The van der Waals surface area contributed by atoms with E-state index in [0.29, 0.717) is 0 Å². The Morgan fingerprint density at radius 2 is 1.75 bits per heavy atom. The van der Waals surface area contributed by atoms with E-state index in [0.717, 1.165) is 0 Å². The molecule has 0 bridgehead atoms. The minimum atomic E-state index is -0.833. The maximum Gasteiger partial charge on any atom is 0.324 e. The fraction of sp³-hybridized carbons (Fsp3) is 0. The van der Waals surface area contributed by atoms with Crippen molar-refractivity contribution in [1.29, 1.82) is 0 Å². The van der Waals surface area contributed by atoms with Crippen LogP contribution in [0.2, 0.25) is 0 Å². The van der Waals surface area contributed by atoms with Crippen molar-refractivity contribution in [3.8, 4) is 0 Å². The molecule has 0 saturated carbocycles. The van der Waals surface area contributed by atoms with Gasteiger partial charge in [-0.25, -0.2) is 4.57 Å². The zero-order valence-electron chi connectivity index (χ0n) is 1.75. The van der Waals surface area contributed by atoms with Gasteiger partial charge in [0.15, 0.2) is 0 Å². The standard InChI is InChI=1S/ClH2.HO2P/c;1-3-2/h1H2;(H,1,2)/q+1;. The molecule has 4 heavy (non-hydrogen) atoms. The van der Waals surface area contributed by atoms with Crippen molar-refractivity contribution < 1.29 is 21.9 Å². The van der Waals surface area contributed by atoms with Crippen LogP contribution in [0, 0.1) is 12.4 Å². The molecule has 0 radical (unpaired) electrons. The molecular formula is H3ClO2P+. The van der Waals surface area contributed by atoms with Crippen LogP contribution < -0.4 is 0 Å². The lowest BCUT2D eigenvalue weighted by molar-refractivity contribution is -0.00000298. The van der Waals surface area contributed by atoms with Crippen LogP contribution in [0.15, 0.2) is 0 Å². The molecular weight excluding hydrogens is 98.4 g/mol. The maximum absolute atomic E-state index is 8.46. The van der Waals surface area contributed by atoms with Crippen LogP contribution in [0.5, 0.6) is 0 Å². The Kier molecular flexibility index (Phi) is 22.4. The summed E-state index contributed by atoms with van der Waals surface area (Å²) in [7, 11) is -0.833. The van der Waals surface area contributed by atoms with Gasteiger partial charge in [0.1, 0.15) is 0 Å². The van der Waals surface area contributed by atoms with Gasteiger partial charge in [-0.15, -0.1) is 0 Å². The summed E-state index contributed by atoms with van der Waals surface area (Å²) in [5, 5.41) is 0. The van der Waals surface area contributed by atoms with E-state index in [1.807, 2.05) is 0 Å². The van der Waals surface area contributed by atoms with Crippen molar-refractivity contribution >= 4 is 8.69 Å². The zero-order valence-corrected chi connectivity index (χ0v) is 3.54. The van der Waals surface area contributed by atoms with Gasteiger partial charge in [-0.2, -0.15) is 0 Å². The smallest absolute Gasteiger partial charge is 0.310 e. The van der Waals surface area contributed by atoms with Crippen LogP contribution in [0.3, 0.4) is 0 Å². The van der Waals surface area contributed by atoms with Crippen LogP contribution in [-0.4, -0.2) is 4.89 Å². The van der Waals surface area contributed by atoms with Crippen molar-refractivity contribution in [3.63, 3.8) is 0 Å². The van der Waals surface area contributed by atoms with Crippen molar-refractivity contribution in [2.24, 2.45) is 0 Å². The lowest BCUT2D eigenvalue weighted by Crippen LogP contribution is -1.03. The lowest BCUT2D eigenvalue weighted by Gasteiger charge is -1.24. The minimum Gasteiger partial charge on any atom is -0.310 e. The second-order valence-corrected chi connectivity index (χ2v) is 0.245. The first-order valence-corrected chi connectivity index (χ1v) is 1.15. The summed E-state index contributed by atoms with van der Waals surface area (Å²) in [6.45, 7) is 0. The van der Waals surface area contributed by atoms with E-state index in [9.17, 15) is 0 Å². The van der Waals surface area contributed by atoms with Gasteiger partial charge in [0.05, 0.1) is 12.4 Å². The van der Waals surface area contributed by atoms with Gasteiger partial charge in [-0.1, -0.05) is 0 Å². The molecule has 0 aliphatic rings. The van der Waals surface area contributed by atoms with E-state index in [2.05, 4.69) is 0 Å². The van der Waals surface area contributed by atoms with E-state index >= 15 is 0 Å². The Morgan fingerprint density at radius 1 is 1.75 bits per heavy atom. The molecule has 0 aliphatic carbocycles. The number of halogens is 1. The summed E-state index contributed by atoms with van der Waals surface area (Å²) in [5.74, 6) is 0. The molecule has 0 amide bonds. The van der Waals surface area contributed by atoms with Crippen LogP contribution in [0.25, 0.3) is 0 Å².